The SMILES string of the molecule is COc1cc(-c2cnc3[nH]cc(C(=O)C45CC6CC(CC(C6)C4)C5)c3n2)cc(OC)c1OC. The van der Waals surface area contributed by atoms with E-state index in [1.54, 1.807) is 27.5 Å². The van der Waals surface area contributed by atoms with Crippen LogP contribution in [-0.2, 0) is 0 Å². The molecular weight excluding hydrogens is 418 g/mol. The van der Waals surface area contributed by atoms with Crippen molar-refractivity contribution in [2.75, 3.05) is 21.3 Å². The van der Waals surface area contributed by atoms with E-state index in [-0.39, 0.29) is 11.2 Å². The summed E-state index contributed by atoms with van der Waals surface area (Å²) in [7, 11) is 4.75. The fraction of sp³-hybridized carbons (Fsp3) is 0.500. The molecule has 0 amide bonds. The monoisotopic (exact) mass is 447 g/mol. The van der Waals surface area contributed by atoms with Crippen LogP contribution in [0.3, 0.4) is 0 Å². The number of ketones is 1. The van der Waals surface area contributed by atoms with Gasteiger partial charge in [0.1, 0.15) is 5.52 Å². The molecule has 7 rings (SSSR count). The second-order valence-electron chi connectivity index (χ2n) is 10.1. The predicted octanol–water partition coefficient (Wildman–Crippen LogP) is 5.05. The van der Waals surface area contributed by atoms with Crippen molar-refractivity contribution >= 4 is 16.9 Å². The molecule has 33 heavy (non-hydrogen) atoms. The van der Waals surface area contributed by atoms with E-state index in [1.165, 1.54) is 19.3 Å². The lowest BCUT2D eigenvalue weighted by Gasteiger charge is -2.55. The Kier molecular flexibility index (Phi) is 4.64. The van der Waals surface area contributed by atoms with Gasteiger partial charge in [0.15, 0.2) is 22.9 Å². The average Bonchev–Trinajstić information content (AvgIpc) is 3.24. The highest BCUT2D eigenvalue weighted by atomic mass is 16.5. The van der Waals surface area contributed by atoms with Gasteiger partial charge in [-0.2, -0.15) is 0 Å². The molecule has 4 bridgehead atoms. The number of methoxy groups -OCH3 is 3. The van der Waals surface area contributed by atoms with E-state index >= 15 is 0 Å². The molecular formula is C26H29N3O4. The number of H-pyrrole nitrogens is 1. The second-order valence-corrected chi connectivity index (χ2v) is 10.1. The molecule has 1 N–H and O–H groups in total. The molecule has 4 saturated carbocycles. The molecule has 172 valence electrons. The Morgan fingerprint density at radius 1 is 0.970 bits per heavy atom. The van der Waals surface area contributed by atoms with Crippen molar-refractivity contribution in [2.24, 2.45) is 23.2 Å². The lowest BCUT2D eigenvalue weighted by atomic mass is 9.48. The summed E-state index contributed by atoms with van der Waals surface area (Å²) in [6, 6.07) is 3.70. The summed E-state index contributed by atoms with van der Waals surface area (Å²) in [4.78, 5) is 26.6. The van der Waals surface area contributed by atoms with Crippen molar-refractivity contribution in [2.45, 2.75) is 38.5 Å². The minimum atomic E-state index is -0.214. The van der Waals surface area contributed by atoms with E-state index in [0.29, 0.717) is 57.4 Å². The first-order valence-electron chi connectivity index (χ1n) is 11.7. The van der Waals surface area contributed by atoms with E-state index in [9.17, 15) is 4.79 Å². The Balaban J connectivity index is 1.42. The maximum absolute atomic E-state index is 14.0. The zero-order chi connectivity index (χ0) is 22.7. The lowest BCUT2D eigenvalue weighted by Crippen LogP contribution is -2.50. The van der Waals surface area contributed by atoms with E-state index < -0.39 is 0 Å². The number of benzene rings is 1. The molecule has 2 aromatic heterocycles. The topological polar surface area (TPSA) is 86.3 Å². The minimum Gasteiger partial charge on any atom is -0.493 e. The minimum absolute atomic E-state index is 0.214. The van der Waals surface area contributed by atoms with Gasteiger partial charge in [-0.1, -0.05) is 0 Å². The number of hydrogen-bond acceptors (Lipinski definition) is 6. The molecule has 4 fully saturated rings. The van der Waals surface area contributed by atoms with Gasteiger partial charge < -0.3 is 19.2 Å². The number of rotatable bonds is 6. The smallest absolute Gasteiger partial charge is 0.203 e. The van der Waals surface area contributed by atoms with Gasteiger partial charge in [0.05, 0.1) is 38.8 Å². The van der Waals surface area contributed by atoms with Crippen molar-refractivity contribution in [1.29, 1.82) is 0 Å². The van der Waals surface area contributed by atoms with Gasteiger partial charge in [-0.25, -0.2) is 9.97 Å². The van der Waals surface area contributed by atoms with Gasteiger partial charge in [0.2, 0.25) is 5.75 Å². The number of aromatic amines is 1. The molecule has 7 heteroatoms. The first-order valence-corrected chi connectivity index (χ1v) is 11.7. The molecule has 4 aliphatic carbocycles. The molecule has 2 heterocycles. The van der Waals surface area contributed by atoms with E-state index in [4.69, 9.17) is 19.2 Å². The van der Waals surface area contributed by atoms with Crippen molar-refractivity contribution in [3.05, 3.63) is 30.1 Å². The Bertz CT molecular complexity index is 1190. The summed E-state index contributed by atoms with van der Waals surface area (Å²) < 4.78 is 16.4. The Morgan fingerprint density at radius 3 is 2.12 bits per heavy atom. The Hall–Kier alpha value is -3.09. The Morgan fingerprint density at radius 2 is 1.58 bits per heavy atom. The molecule has 3 aromatic rings. The number of ether oxygens (including phenoxy) is 3. The predicted molar refractivity (Wildman–Crippen MR) is 124 cm³/mol. The number of Topliss-reactive ketones (excluding diaryl/α,β-unsaturated/α-hetero) is 1. The fourth-order valence-electron chi connectivity index (χ4n) is 7.11. The molecule has 7 nitrogen and oxygen atoms in total. The number of fused-ring (bicyclic) bond motifs is 1. The highest BCUT2D eigenvalue weighted by Crippen LogP contribution is 2.61. The molecule has 0 unspecified atom stereocenters. The maximum Gasteiger partial charge on any atom is 0.203 e. The van der Waals surface area contributed by atoms with E-state index in [1.807, 2.05) is 18.3 Å². The highest BCUT2D eigenvalue weighted by molar-refractivity contribution is 6.09. The third-order valence-corrected chi connectivity index (χ3v) is 8.11. The zero-order valence-electron chi connectivity index (χ0n) is 19.3. The van der Waals surface area contributed by atoms with Crippen molar-refractivity contribution in [1.82, 2.24) is 15.0 Å². The number of aromatic nitrogens is 3. The molecule has 1 aromatic carbocycles. The first kappa shape index (κ1) is 20.5. The second kappa shape index (κ2) is 7.47. The molecule has 0 atom stereocenters. The number of carbonyl (C=O) groups is 1. The summed E-state index contributed by atoms with van der Waals surface area (Å²) in [6.45, 7) is 0. The van der Waals surface area contributed by atoms with Gasteiger partial charge in [0.25, 0.3) is 0 Å². The van der Waals surface area contributed by atoms with Gasteiger partial charge in [-0.05, 0) is 68.4 Å². The zero-order valence-corrected chi connectivity index (χ0v) is 19.3. The fourth-order valence-corrected chi connectivity index (χ4v) is 7.11. The normalized spacial score (nSPS) is 27.7. The Labute approximate surface area is 192 Å². The summed E-state index contributed by atoms with van der Waals surface area (Å²) >= 11 is 0. The van der Waals surface area contributed by atoms with Crippen LogP contribution in [0.1, 0.15) is 48.9 Å². The number of carbonyl (C=O) groups excluding carboxylic acids is 1. The van der Waals surface area contributed by atoms with Crippen LogP contribution in [-0.4, -0.2) is 42.1 Å². The molecule has 0 radical (unpaired) electrons. The first-order chi connectivity index (χ1) is 16.0. The molecule has 0 spiro atoms. The van der Waals surface area contributed by atoms with Crippen LogP contribution in [0.15, 0.2) is 24.5 Å². The quantitative estimate of drug-likeness (QED) is 0.532. The lowest BCUT2D eigenvalue weighted by molar-refractivity contribution is -0.0352. The standard InChI is InChI=1S/C26H29N3O4/c1-31-20-7-17(8-21(32-2)23(20)33-3)19-13-28-25-22(29-19)18(12-27-25)24(30)26-9-14-4-15(10-26)6-16(5-14)11-26/h7-8,12-16H,4-6,9-11H2,1-3H3,(H,27,28). The van der Waals surface area contributed by atoms with Crippen LogP contribution in [0.5, 0.6) is 17.2 Å². The summed E-state index contributed by atoms with van der Waals surface area (Å²) in [5.41, 5.74) is 3.18. The number of hydrogen-bond donors (Lipinski definition) is 1. The number of nitrogens with one attached hydrogen (secondary N) is 1. The highest BCUT2D eigenvalue weighted by Gasteiger charge is 2.54. The van der Waals surface area contributed by atoms with Gasteiger partial charge in [-0.3, -0.25) is 4.79 Å². The van der Waals surface area contributed by atoms with Crippen LogP contribution < -0.4 is 14.2 Å². The molecule has 4 aliphatic rings. The third-order valence-electron chi connectivity index (χ3n) is 8.11. The van der Waals surface area contributed by atoms with E-state index in [2.05, 4.69) is 9.97 Å². The summed E-state index contributed by atoms with van der Waals surface area (Å²) in [5.74, 6) is 4.02. The van der Waals surface area contributed by atoms with Crippen molar-refractivity contribution < 1.29 is 19.0 Å². The van der Waals surface area contributed by atoms with Gasteiger partial charge >= 0.3 is 0 Å². The van der Waals surface area contributed by atoms with Crippen molar-refractivity contribution in [3.8, 4) is 28.5 Å². The largest absolute Gasteiger partial charge is 0.493 e. The van der Waals surface area contributed by atoms with Crippen LogP contribution in [0.2, 0.25) is 0 Å². The van der Waals surface area contributed by atoms with Crippen LogP contribution >= 0.6 is 0 Å². The van der Waals surface area contributed by atoms with Gasteiger partial charge in [0, 0.05) is 17.2 Å². The maximum atomic E-state index is 14.0. The van der Waals surface area contributed by atoms with E-state index in [0.717, 1.165) is 24.8 Å². The van der Waals surface area contributed by atoms with Crippen LogP contribution in [0, 0.1) is 23.2 Å². The average molecular weight is 448 g/mol. The summed E-state index contributed by atoms with van der Waals surface area (Å²) in [5, 5.41) is 0. The van der Waals surface area contributed by atoms with Crippen molar-refractivity contribution in [3.63, 3.8) is 0 Å². The third kappa shape index (κ3) is 3.12. The molecule has 0 saturated heterocycles. The van der Waals surface area contributed by atoms with Gasteiger partial charge in [-0.15, -0.1) is 0 Å². The van der Waals surface area contributed by atoms with Crippen LogP contribution in [0.4, 0.5) is 0 Å². The molecule has 0 aliphatic heterocycles. The number of nitrogens with zero attached hydrogens (tertiary/aromatic N) is 2. The summed E-state index contributed by atoms with van der Waals surface area (Å²) in [6.07, 6.45) is 10.5. The van der Waals surface area contributed by atoms with Crippen LogP contribution in [0.25, 0.3) is 22.4 Å².